The number of benzene rings is 3. The van der Waals surface area contributed by atoms with E-state index in [2.05, 4.69) is 0 Å². The van der Waals surface area contributed by atoms with E-state index in [-0.39, 0.29) is 17.1 Å². The summed E-state index contributed by atoms with van der Waals surface area (Å²) in [6.45, 7) is 6.94. The molecule has 0 radical (unpaired) electrons. The molecule has 0 saturated carbocycles. The number of hydrogen-bond donors (Lipinski definition) is 0. The Labute approximate surface area is 148 Å². The Morgan fingerprint density at radius 2 is 1.16 bits per heavy atom. The van der Waals surface area contributed by atoms with Gasteiger partial charge < -0.3 is 0 Å². The van der Waals surface area contributed by atoms with Crippen LogP contribution in [0.5, 0.6) is 0 Å². The van der Waals surface area contributed by atoms with Gasteiger partial charge in [-0.15, -0.1) is 0 Å². The second kappa shape index (κ2) is 10.1. The molecule has 2 nitrogen and oxygen atoms in total. The fourth-order valence-corrected chi connectivity index (χ4v) is 2.28. The van der Waals surface area contributed by atoms with Gasteiger partial charge in [-0.1, -0.05) is 68.4 Å². The summed E-state index contributed by atoms with van der Waals surface area (Å²) in [6, 6.07) is 19.7. The van der Waals surface area contributed by atoms with Crippen molar-refractivity contribution in [2.75, 3.05) is 0 Å². The summed E-state index contributed by atoms with van der Waals surface area (Å²) in [5.41, 5.74) is 0.959. The minimum Gasteiger partial charge on any atom is -0.294 e. The SMILES string of the molecule is CC.CC(=O)c1cccc2ccccc12.CC(=O)c1ccccc1F. The molecule has 0 unspecified atom stereocenters. The Morgan fingerprint density at radius 1 is 0.680 bits per heavy atom. The van der Waals surface area contributed by atoms with Crippen LogP contribution in [0.3, 0.4) is 0 Å². The van der Waals surface area contributed by atoms with Gasteiger partial charge in [0.15, 0.2) is 11.6 Å². The number of hydrogen-bond acceptors (Lipinski definition) is 2. The fraction of sp³-hybridized carbons (Fsp3) is 0.182. The maximum atomic E-state index is 12.6. The van der Waals surface area contributed by atoms with Crippen LogP contribution < -0.4 is 0 Å². The highest BCUT2D eigenvalue weighted by molar-refractivity contribution is 6.06. The summed E-state index contributed by atoms with van der Waals surface area (Å²) in [5.74, 6) is -0.565. The molecule has 25 heavy (non-hydrogen) atoms. The first-order valence-corrected chi connectivity index (χ1v) is 8.25. The van der Waals surface area contributed by atoms with E-state index in [0.29, 0.717) is 0 Å². The Bertz CT molecular complexity index is 848. The molecule has 0 aliphatic carbocycles. The minimum absolute atomic E-state index is 0.122. The lowest BCUT2D eigenvalue weighted by Crippen LogP contribution is -1.94. The largest absolute Gasteiger partial charge is 0.294 e. The third kappa shape index (κ3) is 5.64. The number of Topliss-reactive ketones (excluding diaryl/α,β-unsaturated/α-hetero) is 2. The van der Waals surface area contributed by atoms with Crippen LogP contribution >= 0.6 is 0 Å². The van der Waals surface area contributed by atoms with E-state index in [9.17, 15) is 14.0 Å². The lowest BCUT2D eigenvalue weighted by molar-refractivity contribution is 0.100. The molecule has 3 heteroatoms. The van der Waals surface area contributed by atoms with Gasteiger partial charge in [-0.3, -0.25) is 9.59 Å². The predicted molar refractivity (Wildman–Crippen MR) is 102 cm³/mol. The zero-order valence-corrected chi connectivity index (χ0v) is 15.0. The highest BCUT2D eigenvalue weighted by Gasteiger charge is 2.03. The standard InChI is InChI=1S/C12H10O.C8H7FO.C2H6/c1-9(13)11-8-4-6-10-5-2-3-7-12(10)11;1-6(10)7-4-2-3-5-8(7)9;1-2/h2-8H,1H3;2-5H,1H3;1-2H3. The van der Waals surface area contributed by atoms with Gasteiger partial charge in [0.2, 0.25) is 0 Å². The Hall–Kier alpha value is -2.81. The summed E-state index contributed by atoms with van der Waals surface area (Å²) in [5, 5.41) is 2.16. The van der Waals surface area contributed by atoms with Gasteiger partial charge in [-0.25, -0.2) is 4.39 Å². The van der Waals surface area contributed by atoms with Gasteiger partial charge >= 0.3 is 0 Å². The Morgan fingerprint density at radius 3 is 1.72 bits per heavy atom. The molecule has 0 N–H and O–H groups in total. The third-order valence-electron chi connectivity index (χ3n) is 3.42. The van der Waals surface area contributed by atoms with Crippen LogP contribution in [-0.4, -0.2) is 11.6 Å². The Kier molecular flexibility index (Phi) is 8.21. The van der Waals surface area contributed by atoms with Crippen LogP contribution in [0.2, 0.25) is 0 Å². The van der Waals surface area contributed by atoms with Crippen LogP contribution in [0, 0.1) is 5.82 Å². The topological polar surface area (TPSA) is 34.1 Å². The normalized spacial score (nSPS) is 9.32. The number of halogens is 1. The fourth-order valence-electron chi connectivity index (χ4n) is 2.28. The van der Waals surface area contributed by atoms with Crippen LogP contribution in [-0.2, 0) is 0 Å². The van der Waals surface area contributed by atoms with Crippen LogP contribution in [0.1, 0.15) is 48.4 Å². The van der Waals surface area contributed by atoms with Gasteiger partial charge in [-0.05, 0) is 36.8 Å². The Balaban J connectivity index is 0.000000235. The smallest absolute Gasteiger partial charge is 0.162 e. The molecule has 0 aromatic heterocycles. The molecule has 3 rings (SSSR count). The zero-order valence-electron chi connectivity index (χ0n) is 15.0. The predicted octanol–water partition coefficient (Wildman–Crippen LogP) is 6.10. The van der Waals surface area contributed by atoms with Crippen molar-refractivity contribution in [1.82, 2.24) is 0 Å². The molecule has 0 bridgehead atoms. The molecule has 0 amide bonds. The molecule has 0 spiro atoms. The van der Waals surface area contributed by atoms with Crippen LogP contribution in [0.15, 0.2) is 66.7 Å². The van der Waals surface area contributed by atoms with E-state index in [1.807, 2.05) is 56.3 Å². The first-order chi connectivity index (χ1) is 12.0. The van der Waals surface area contributed by atoms with E-state index < -0.39 is 5.82 Å². The van der Waals surface area contributed by atoms with E-state index in [0.717, 1.165) is 16.3 Å². The first-order valence-electron chi connectivity index (χ1n) is 8.25. The van der Waals surface area contributed by atoms with Crippen LogP contribution in [0.4, 0.5) is 4.39 Å². The molecular formula is C22H23FO2. The van der Waals surface area contributed by atoms with Gasteiger partial charge in [0.05, 0.1) is 5.56 Å². The lowest BCUT2D eigenvalue weighted by Gasteiger charge is -2.01. The summed E-state index contributed by atoms with van der Waals surface area (Å²) >= 11 is 0. The molecule has 0 atom stereocenters. The van der Waals surface area contributed by atoms with Crippen molar-refractivity contribution >= 4 is 22.3 Å². The first kappa shape index (κ1) is 20.2. The van der Waals surface area contributed by atoms with E-state index in [1.54, 1.807) is 19.1 Å². The van der Waals surface area contributed by atoms with Gasteiger partial charge in [0.25, 0.3) is 0 Å². The maximum absolute atomic E-state index is 12.6. The summed E-state index contributed by atoms with van der Waals surface area (Å²) < 4.78 is 12.6. The van der Waals surface area contributed by atoms with E-state index in [1.165, 1.54) is 19.1 Å². The van der Waals surface area contributed by atoms with Gasteiger partial charge in [-0.2, -0.15) is 0 Å². The number of ketones is 2. The number of rotatable bonds is 2. The molecule has 3 aromatic carbocycles. The minimum atomic E-state index is -0.449. The second-order valence-electron chi connectivity index (χ2n) is 5.12. The summed E-state index contributed by atoms with van der Waals surface area (Å²) in [4.78, 5) is 21.9. The number of carbonyl (C=O) groups is 2. The van der Waals surface area contributed by atoms with Crippen molar-refractivity contribution in [3.8, 4) is 0 Å². The molecule has 0 heterocycles. The zero-order chi connectivity index (χ0) is 18.8. The third-order valence-corrected chi connectivity index (χ3v) is 3.42. The quantitative estimate of drug-likeness (QED) is 0.529. The molecular weight excluding hydrogens is 315 g/mol. The van der Waals surface area contributed by atoms with Crippen molar-refractivity contribution in [3.63, 3.8) is 0 Å². The van der Waals surface area contributed by atoms with Crippen molar-refractivity contribution in [1.29, 1.82) is 0 Å². The lowest BCUT2D eigenvalue weighted by atomic mass is 10.0. The van der Waals surface area contributed by atoms with Gasteiger partial charge in [0, 0.05) is 5.56 Å². The number of carbonyl (C=O) groups excluding carboxylic acids is 2. The average molecular weight is 338 g/mol. The number of fused-ring (bicyclic) bond motifs is 1. The van der Waals surface area contributed by atoms with Crippen molar-refractivity contribution in [3.05, 3.63) is 83.7 Å². The van der Waals surface area contributed by atoms with Crippen molar-refractivity contribution in [2.24, 2.45) is 0 Å². The maximum Gasteiger partial charge on any atom is 0.162 e. The summed E-state index contributed by atoms with van der Waals surface area (Å²) in [7, 11) is 0. The van der Waals surface area contributed by atoms with E-state index >= 15 is 0 Å². The van der Waals surface area contributed by atoms with Crippen LogP contribution in [0.25, 0.3) is 10.8 Å². The molecule has 0 aliphatic rings. The molecule has 130 valence electrons. The van der Waals surface area contributed by atoms with Crippen molar-refractivity contribution in [2.45, 2.75) is 27.7 Å². The molecule has 0 fully saturated rings. The monoisotopic (exact) mass is 338 g/mol. The second-order valence-corrected chi connectivity index (χ2v) is 5.12. The average Bonchev–Trinajstić information content (AvgIpc) is 2.63. The van der Waals surface area contributed by atoms with Gasteiger partial charge in [0.1, 0.15) is 5.82 Å². The molecule has 0 saturated heterocycles. The summed E-state index contributed by atoms with van der Waals surface area (Å²) in [6.07, 6.45) is 0. The van der Waals surface area contributed by atoms with Crippen molar-refractivity contribution < 1.29 is 14.0 Å². The molecule has 3 aromatic rings. The van der Waals surface area contributed by atoms with E-state index in [4.69, 9.17) is 0 Å². The highest BCUT2D eigenvalue weighted by Crippen LogP contribution is 2.18. The highest BCUT2D eigenvalue weighted by atomic mass is 19.1. The molecule has 0 aliphatic heterocycles.